The summed E-state index contributed by atoms with van der Waals surface area (Å²) in [5.41, 5.74) is 0. The molecule has 0 aromatic heterocycles. The van der Waals surface area contributed by atoms with Gasteiger partial charge in [0.1, 0.15) is 13.2 Å². The summed E-state index contributed by atoms with van der Waals surface area (Å²) in [6, 6.07) is 0. The Morgan fingerprint density at radius 3 is 1.21 bits per heavy atom. The number of hydrogen-bond acceptors (Lipinski definition) is 6. The normalized spacial score (nSPS) is 13.3. The average molecular weight is 923 g/mol. The van der Waals surface area contributed by atoms with E-state index in [4.69, 9.17) is 14.2 Å². The molecule has 0 saturated carbocycles. The molecule has 0 amide bonds. The molecule has 1 atom stereocenters. The zero-order valence-electron chi connectivity index (χ0n) is 42.6. The molecule has 0 radical (unpaired) electrons. The summed E-state index contributed by atoms with van der Waals surface area (Å²) >= 11 is 0. The van der Waals surface area contributed by atoms with Crippen molar-refractivity contribution < 1.29 is 28.6 Å². The van der Waals surface area contributed by atoms with Gasteiger partial charge in [-0.05, 0) is 109 Å². The van der Waals surface area contributed by atoms with E-state index in [2.05, 4.69) is 148 Å². The van der Waals surface area contributed by atoms with E-state index < -0.39 is 12.1 Å². The minimum absolute atomic E-state index is 0.138. The predicted molar refractivity (Wildman–Crippen MR) is 288 cm³/mol. The van der Waals surface area contributed by atoms with Gasteiger partial charge in [0.2, 0.25) is 0 Å². The van der Waals surface area contributed by atoms with E-state index in [1.807, 2.05) is 18.2 Å². The van der Waals surface area contributed by atoms with Crippen molar-refractivity contribution in [2.24, 2.45) is 0 Å². The summed E-state index contributed by atoms with van der Waals surface area (Å²) in [7, 11) is 0. The quantitative estimate of drug-likeness (QED) is 0.0199. The topological polar surface area (TPSA) is 78.9 Å². The van der Waals surface area contributed by atoms with Crippen LogP contribution in [-0.4, -0.2) is 37.2 Å². The lowest BCUT2D eigenvalue weighted by Crippen LogP contribution is -2.30. The fourth-order valence-corrected chi connectivity index (χ4v) is 6.48. The molecular weight excluding hydrogens is 829 g/mol. The molecule has 0 heterocycles. The number of esters is 3. The molecule has 0 bridgehead atoms. The Bertz CT molecular complexity index is 1530. The van der Waals surface area contributed by atoms with Gasteiger partial charge >= 0.3 is 17.9 Å². The van der Waals surface area contributed by atoms with Crippen molar-refractivity contribution in [1.29, 1.82) is 0 Å². The number of rotatable bonds is 45. The van der Waals surface area contributed by atoms with Crippen LogP contribution in [0.3, 0.4) is 0 Å². The van der Waals surface area contributed by atoms with Gasteiger partial charge in [-0.25, -0.2) is 0 Å². The first-order valence-electron chi connectivity index (χ1n) is 26.4. The fraction of sp³-hybridized carbons (Fsp3) is 0.557. The molecule has 374 valence electrons. The third kappa shape index (κ3) is 52.1. The SMILES string of the molecule is CC\C=C/C=C\C=C/CCCCCCCC(=O)OCC(COC(=O)CC/C=C\C/C=C\C/C=C\C/C=C\C/C=C\C/C=C\CC)OC(=O)CCC/C=C\C/C=C\C/C=C\CCCCCCCC. The molecule has 0 aromatic rings. The standard InChI is InChI=1S/C61H94O6/c1-4-7-10-13-16-19-22-25-27-29-30-32-33-36-39-42-45-48-51-54-60(63)66-57-58(56-65-59(62)53-50-47-44-41-38-35-24-21-18-15-12-9-6-3)67-61(64)55-52-49-46-43-40-37-34-31-28-26-23-20-17-14-11-8-5-2/h7,9-10,12,15-16,18-19,21,24-28,30,32,34,36-37,39,43,45-46,48,58H,4-6,8,11,13-14,17,20,22-23,29,31,33,35,38,40-42,44,47,49-57H2,1-3H3/b10-7-,12-9-,18-15-,19-16-,24-21-,27-25-,28-26-,32-30-,37-34-,39-36-,46-43-,48-45-. The van der Waals surface area contributed by atoms with Gasteiger partial charge in [-0.2, -0.15) is 0 Å². The van der Waals surface area contributed by atoms with E-state index in [1.54, 1.807) is 0 Å². The number of carbonyl (C=O) groups excluding carboxylic acids is 3. The summed E-state index contributed by atoms with van der Waals surface area (Å²) in [5, 5.41) is 0. The van der Waals surface area contributed by atoms with Crippen LogP contribution in [0.15, 0.2) is 146 Å². The minimum atomic E-state index is -0.850. The van der Waals surface area contributed by atoms with Gasteiger partial charge < -0.3 is 14.2 Å². The number of hydrogen-bond donors (Lipinski definition) is 0. The third-order valence-electron chi connectivity index (χ3n) is 10.4. The van der Waals surface area contributed by atoms with Gasteiger partial charge in [-0.1, -0.05) is 218 Å². The molecule has 0 spiro atoms. The second-order valence-corrected chi connectivity index (χ2v) is 16.7. The summed E-state index contributed by atoms with van der Waals surface area (Å²) in [6.07, 6.45) is 77.1. The van der Waals surface area contributed by atoms with Crippen LogP contribution < -0.4 is 0 Å². The lowest BCUT2D eigenvalue weighted by atomic mass is 10.1. The molecule has 0 rings (SSSR count). The third-order valence-corrected chi connectivity index (χ3v) is 10.4. The second kappa shape index (κ2) is 53.9. The highest BCUT2D eigenvalue weighted by Gasteiger charge is 2.19. The van der Waals surface area contributed by atoms with Crippen molar-refractivity contribution in [3.05, 3.63) is 146 Å². The number of carbonyl (C=O) groups is 3. The van der Waals surface area contributed by atoms with Crippen LogP contribution in [0.25, 0.3) is 0 Å². The second-order valence-electron chi connectivity index (χ2n) is 16.7. The molecule has 6 nitrogen and oxygen atoms in total. The van der Waals surface area contributed by atoms with Gasteiger partial charge in [-0.3, -0.25) is 14.4 Å². The first-order chi connectivity index (χ1) is 33.0. The molecule has 0 fully saturated rings. The summed E-state index contributed by atoms with van der Waals surface area (Å²) in [6.45, 7) is 6.23. The first-order valence-corrected chi connectivity index (χ1v) is 26.4. The first kappa shape index (κ1) is 62.3. The summed E-state index contributed by atoms with van der Waals surface area (Å²) < 4.78 is 16.7. The van der Waals surface area contributed by atoms with Crippen molar-refractivity contribution in [2.75, 3.05) is 13.2 Å². The highest BCUT2D eigenvalue weighted by molar-refractivity contribution is 5.71. The van der Waals surface area contributed by atoms with E-state index in [1.165, 1.54) is 44.9 Å². The molecule has 0 saturated heterocycles. The van der Waals surface area contributed by atoms with Crippen LogP contribution in [0, 0.1) is 0 Å². The maximum absolute atomic E-state index is 12.8. The zero-order valence-corrected chi connectivity index (χ0v) is 42.6. The Hall–Kier alpha value is -4.71. The minimum Gasteiger partial charge on any atom is -0.462 e. The molecule has 0 aromatic carbocycles. The zero-order chi connectivity index (χ0) is 48.6. The Balaban J connectivity index is 4.63. The Morgan fingerprint density at radius 1 is 0.328 bits per heavy atom. The van der Waals surface area contributed by atoms with Crippen molar-refractivity contribution >= 4 is 17.9 Å². The van der Waals surface area contributed by atoms with E-state index in [9.17, 15) is 14.4 Å². The van der Waals surface area contributed by atoms with Crippen molar-refractivity contribution in [2.45, 2.75) is 207 Å². The molecule has 1 unspecified atom stereocenters. The van der Waals surface area contributed by atoms with Crippen molar-refractivity contribution in [3.8, 4) is 0 Å². The largest absolute Gasteiger partial charge is 0.462 e. The van der Waals surface area contributed by atoms with Crippen LogP contribution in [0.2, 0.25) is 0 Å². The van der Waals surface area contributed by atoms with Crippen LogP contribution in [0.1, 0.15) is 201 Å². The molecule has 0 aliphatic rings. The van der Waals surface area contributed by atoms with Crippen LogP contribution >= 0.6 is 0 Å². The molecule has 0 N–H and O–H groups in total. The molecular formula is C61H94O6. The molecule has 67 heavy (non-hydrogen) atoms. The Labute approximate surface area is 410 Å². The van der Waals surface area contributed by atoms with Gasteiger partial charge in [0.15, 0.2) is 6.10 Å². The van der Waals surface area contributed by atoms with E-state index >= 15 is 0 Å². The number of unbranched alkanes of at least 4 members (excludes halogenated alkanes) is 12. The van der Waals surface area contributed by atoms with Crippen LogP contribution in [0.5, 0.6) is 0 Å². The summed E-state index contributed by atoms with van der Waals surface area (Å²) in [4.78, 5) is 38.0. The molecule has 0 aliphatic carbocycles. The predicted octanol–water partition coefficient (Wildman–Crippen LogP) is 17.6. The maximum Gasteiger partial charge on any atom is 0.306 e. The van der Waals surface area contributed by atoms with Crippen molar-refractivity contribution in [1.82, 2.24) is 0 Å². The van der Waals surface area contributed by atoms with Crippen LogP contribution in [-0.2, 0) is 28.6 Å². The average Bonchev–Trinajstić information content (AvgIpc) is 3.33. The smallest absolute Gasteiger partial charge is 0.306 e. The highest BCUT2D eigenvalue weighted by atomic mass is 16.6. The molecule has 6 heteroatoms. The van der Waals surface area contributed by atoms with Crippen LogP contribution in [0.4, 0.5) is 0 Å². The maximum atomic E-state index is 12.8. The lowest BCUT2D eigenvalue weighted by Gasteiger charge is -2.18. The fourth-order valence-electron chi connectivity index (χ4n) is 6.48. The van der Waals surface area contributed by atoms with Gasteiger partial charge in [0.25, 0.3) is 0 Å². The molecule has 0 aliphatic heterocycles. The lowest BCUT2D eigenvalue weighted by molar-refractivity contribution is -0.166. The van der Waals surface area contributed by atoms with Gasteiger partial charge in [0, 0.05) is 19.3 Å². The summed E-state index contributed by atoms with van der Waals surface area (Å²) in [5.74, 6) is -1.11. The van der Waals surface area contributed by atoms with Gasteiger partial charge in [-0.15, -0.1) is 0 Å². The van der Waals surface area contributed by atoms with Crippen molar-refractivity contribution in [3.63, 3.8) is 0 Å². The monoisotopic (exact) mass is 923 g/mol. The Morgan fingerprint density at radius 2 is 0.701 bits per heavy atom. The number of ether oxygens (including phenoxy) is 3. The van der Waals surface area contributed by atoms with E-state index in [0.717, 1.165) is 103 Å². The highest BCUT2D eigenvalue weighted by Crippen LogP contribution is 2.11. The van der Waals surface area contributed by atoms with Gasteiger partial charge in [0.05, 0.1) is 0 Å². The van der Waals surface area contributed by atoms with E-state index in [-0.39, 0.29) is 38.0 Å². The Kier molecular flexibility index (Phi) is 50.1. The van der Waals surface area contributed by atoms with E-state index in [0.29, 0.717) is 19.3 Å². The number of allylic oxidation sites excluding steroid dienone is 24.